The Hall–Kier alpha value is -4.66. The Bertz CT molecular complexity index is 1970. The first-order valence-corrected chi connectivity index (χ1v) is 15.7. The molecule has 4 aliphatic rings. The Morgan fingerprint density at radius 3 is 2.39 bits per heavy atom. The number of hydrazine groups is 1. The summed E-state index contributed by atoms with van der Waals surface area (Å²) >= 11 is 12.4. The molecule has 2 aromatic carbocycles. The van der Waals surface area contributed by atoms with Gasteiger partial charge in [-0.2, -0.15) is 23.2 Å². The second kappa shape index (κ2) is 11.5. The number of amides is 4. The number of anilines is 1. The van der Waals surface area contributed by atoms with Gasteiger partial charge in [0.2, 0.25) is 0 Å². The summed E-state index contributed by atoms with van der Waals surface area (Å²) in [5, 5.41) is 22.4. The van der Waals surface area contributed by atoms with E-state index in [1.165, 1.54) is 25.3 Å². The maximum absolute atomic E-state index is 15.1. The van der Waals surface area contributed by atoms with Crippen molar-refractivity contribution in [3.05, 3.63) is 93.1 Å². The van der Waals surface area contributed by atoms with Crippen LogP contribution in [0.2, 0.25) is 10.0 Å². The molecule has 0 radical (unpaired) electrons. The number of ether oxygens (including phenoxy) is 1. The van der Waals surface area contributed by atoms with Gasteiger partial charge in [0.15, 0.2) is 17.3 Å². The average Bonchev–Trinajstić information content (AvgIpc) is 3.42. The maximum Gasteiger partial charge on any atom is 0.417 e. The van der Waals surface area contributed by atoms with Gasteiger partial charge in [0.05, 0.1) is 40.9 Å². The van der Waals surface area contributed by atoms with E-state index >= 15 is 4.79 Å². The summed E-state index contributed by atoms with van der Waals surface area (Å²) in [6.45, 7) is 0. The summed E-state index contributed by atoms with van der Waals surface area (Å²) in [4.78, 5) is 59.6. The standard InChI is InChI=1S/C33H25Cl2F3N4O7/c1-49-23-4-2-3-19(26(23)43)25-17-9-10-18-24(30(46)42(48)28(18)44)20(17)12-21-29(45)41(31(47)32(21,25)14-5-7-16(34)8-6-14)40-27-22(35)11-15(13-39-27)33(36,37)38/h2-9,11,13,18,20-21,24-25,43,48H,10,12H2,1H3,(H,39,40). The zero-order valence-electron chi connectivity index (χ0n) is 25.2. The number of nitrogens with zero attached hydrogens (tertiary/aromatic N) is 3. The lowest BCUT2D eigenvalue weighted by Gasteiger charge is -2.50. The highest BCUT2D eigenvalue weighted by molar-refractivity contribution is 6.33. The summed E-state index contributed by atoms with van der Waals surface area (Å²) < 4.78 is 45.5. The van der Waals surface area contributed by atoms with E-state index in [4.69, 9.17) is 27.9 Å². The minimum absolute atomic E-state index is 0.0237. The Labute approximate surface area is 285 Å². The predicted octanol–water partition coefficient (Wildman–Crippen LogP) is 5.50. The normalized spacial score (nSPS) is 27.9. The fourth-order valence-electron chi connectivity index (χ4n) is 8.05. The summed E-state index contributed by atoms with van der Waals surface area (Å²) in [6, 6.07) is 11.4. The number of pyridine rings is 1. The number of imide groups is 2. The molecule has 2 aliphatic carbocycles. The molecule has 2 saturated heterocycles. The minimum atomic E-state index is -4.76. The number of aromatic nitrogens is 1. The largest absolute Gasteiger partial charge is 0.504 e. The molecule has 3 aromatic rings. The van der Waals surface area contributed by atoms with Crippen molar-refractivity contribution >= 4 is 52.6 Å². The molecule has 3 fully saturated rings. The summed E-state index contributed by atoms with van der Waals surface area (Å²) in [5.41, 5.74) is 0.477. The van der Waals surface area contributed by atoms with Crippen LogP contribution in [0, 0.1) is 23.7 Å². The molecule has 3 heterocycles. The topological polar surface area (TPSA) is 149 Å². The molecule has 0 bridgehead atoms. The average molecular weight is 717 g/mol. The first kappa shape index (κ1) is 32.9. The van der Waals surface area contributed by atoms with Crippen LogP contribution in [0.15, 0.2) is 66.4 Å². The van der Waals surface area contributed by atoms with Gasteiger partial charge in [0, 0.05) is 22.7 Å². The van der Waals surface area contributed by atoms with Crippen LogP contribution in [0.5, 0.6) is 11.5 Å². The molecule has 0 spiro atoms. The molecular weight excluding hydrogens is 692 g/mol. The number of aromatic hydroxyl groups is 1. The summed E-state index contributed by atoms with van der Waals surface area (Å²) in [6.07, 6.45) is -2.69. The molecule has 1 saturated carbocycles. The number of carbonyl (C=O) groups is 4. The highest BCUT2D eigenvalue weighted by Crippen LogP contribution is 2.65. The number of fused-ring (bicyclic) bond motifs is 4. The van der Waals surface area contributed by atoms with E-state index in [2.05, 4.69) is 10.4 Å². The van der Waals surface area contributed by atoms with Crippen molar-refractivity contribution in [1.29, 1.82) is 0 Å². The number of hydrogen-bond donors (Lipinski definition) is 3. The van der Waals surface area contributed by atoms with Gasteiger partial charge in [-0.3, -0.25) is 29.8 Å². The SMILES string of the molecule is COc1cccc(C2C3=CCC4C(=O)N(O)C(=O)C4C3CC3C(=O)N(Nc4ncc(C(F)(F)F)cc4Cl)C(=O)C32c2ccc(Cl)cc2)c1O. The van der Waals surface area contributed by atoms with E-state index in [1.807, 2.05) is 0 Å². The van der Waals surface area contributed by atoms with Crippen LogP contribution >= 0.6 is 23.2 Å². The number of phenolic OH excluding ortho intramolecular Hbond substituents is 1. The number of hydroxylamine groups is 2. The quantitative estimate of drug-likeness (QED) is 0.177. The van der Waals surface area contributed by atoms with Gasteiger partial charge in [-0.25, -0.2) is 4.98 Å². The number of hydrogen-bond acceptors (Lipinski definition) is 9. The number of benzene rings is 2. The van der Waals surface area contributed by atoms with Crippen LogP contribution < -0.4 is 10.2 Å². The molecule has 49 heavy (non-hydrogen) atoms. The number of halogens is 5. The second-order valence-corrected chi connectivity index (χ2v) is 13.1. The number of rotatable bonds is 5. The van der Waals surface area contributed by atoms with Gasteiger partial charge in [-0.05, 0) is 48.6 Å². The maximum atomic E-state index is 15.1. The van der Waals surface area contributed by atoms with Gasteiger partial charge < -0.3 is 9.84 Å². The van der Waals surface area contributed by atoms with Crippen LogP contribution in [0.25, 0.3) is 0 Å². The molecule has 6 unspecified atom stereocenters. The zero-order chi connectivity index (χ0) is 35.2. The summed E-state index contributed by atoms with van der Waals surface area (Å²) in [7, 11) is 1.33. The molecule has 6 atom stereocenters. The highest BCUT2D eigenvalue weighted by atomic mass is 35.5. The molecule has 7 rings (SSSR count). The third-order valence-electron chi connectivity index (χ3n) is 10.1. The van der Waals surface area contributed by atoms with Crippen molar-refractivity contribution in [1.82, 2.24) is 15.1 Å². The fourth-order valence-corrected chi connectivity index (χ4v) is 8.38. The number of nitrogens with one attached hydrogen (secondary N) is 1. The Morgan fingerprint density at radius 2 is 1.73 bits per heavy atom. The summed E-state index contributed by atoms with van der Waals surface area (Å²) in [5.74, 6) is -9.33. The third kappa shape index (κ3) is 4.71. The smallest absolute Gasteiger partial charge is 0.417 e. The first-order chi connectivity index (χ1) is 23.2. The second-order valence-electron chi connectivity index (χ2n) is 12.3. The van der Waals surface area contributed by atoms with E-state index in [9.17, 15) is 37.9 Å². The molecule has 16 heteroatoms. The van der Waals surface area contributed by atoms with Crippen LogP contribution in [0.3, 0.4) is 0 Å². The Balaban J connectivity index is 1.46. The predicted molar refractivity (Wildman–Crippen MR) is 165 cm³/mol. The monoisotopic (exact) mass is 716 g/mol. The van der Waals surface area contributed by atoms with Crippen LogP contribution in [-0.4, -0.2) is 56.1 Å². The molecule has 1 aromatic heterocycles. The van der Waals surface area contributed by atoms with Gasteiger partial charge in [0.1, 0.15) is 0 Å². The van der Waals surface area contributed by atoms with Crippen LogP contribution in [0.4, 0.5) is 19.0 Å². The van der Waals surface area contributed by atoms with E-state index in [0.717, 1.165) is 0 Å². The molecule has 2 aliphatic heterocycles. The number of methoxy groups -OCH3 is 1. The number of allylic oxidation sites excluding steroid dienone is 2. The van der Waals surface area contributed by atoms with E-state index in [1.54, 1.807) is 30.3 Å². The van der Waals surface area contributed by atoms with Crippen molar-refractivity contribution in [3.8, 4) is 11.5 Å². The fraction of sp³-hybridized carbons (Fsp3) is 0.303. The zero-order valence-corrected chi connectivity index (χ0v) is 26.8. The van der Waals surface area contributed by atoms with Crippen LogP contribution in [-0.2, 0) is 30.8 Å². The highest BCUT2D eigenvalue weighted by Gasteiger charge is 2.70. The molecule has 11 nitrogen and oxygen atoms in total. The number of phenols is 1. The van der Waals surface area contributed by atoms with Crippen molar-refractivity contribution in [2.45, 2.75) is 30.4 Å². The lowest BCUT2D eigenvalue weighted by Crippen LogP contribution is -2.53. The Morgan fingerprint density at radius 1 is 1.02 bits per heavy atom. The molecular formula is C33H25Cl2F3N4O7. The van der Waals surface area contributed by atoms with Gasteiger partial charge in [-0.1, -0.05) is 59.1 Å². The number of alkyl halides is 3. The van der Waals surface area contributed by atoms with Gasteiger partial charge in [0.25, 0.3) is 23.6 Å². The van der Waals surface area contributed by atoms with E-state index in [0.29, 0.717) is 33.4 Å². The minimum Gasteiger partial charge on any atom is -0.504 e. The molecule has 3 N–H and O–H groups in total. The first-order valence-electron chi connectivity index (χ1n) is 15.0. The number of carbonyl (C=O) groups excluding carboxylic acids is 4. The van der Waals surface area contributed by atoms with Crippen molar-refractivity contribution in [3.63, 3.8) is 0 Å². The number of para-hydroxylation sites is 1. The van der Waals surface area contributed by atoms with E-state index in [-0.39, 0.29) is 35.0 Å². The van der Waals surface area contributed by atoms with Crippen molar-refractivity contribution in [2.24, 2.45) is 23.7 Å². The van der Waals surface area contributed by atoms with Crippen molar-refractivity contribution in [2.75, 3.05) is 12.5 Å². The van der Waals surface area contributed by atoms with Crippen molar-refractivity contribution < 1.29 is 47.4 Å². The third-order valence-corrected chi connectivity index (χ3v) is 10.6. The van der Waals surface area contributed by atoms with Gasteiger partial charge >= 0.3 is 6.18 Å². The van der Waals surface area contributed by atoms with E-state index < -0.39 is 81.2 Å². The molecule has 254 valence electrons. The lowest BCUT2D eigenvalue weighted by molar-refractivity contribution is -0.173. The molecule has 4 amide bonds. The van der Waals surface area contributed by atoms with Crippen LogP contribution in [0.1, 0.15) is 35.4 Å². The Kier molecular flexibility index (Phi) is 7.69. The van der Waals surface area contributed by atoms with Gasteiger partial charge in [-0.15, -0.1) is 0 Å². The lowest BCUT2D eigenvalue weighted by atomic mass is 9.49.